The van der Waals surface area contributed by atoms with Crippen molar-refractivity contribution in [1.82, 2.24) is 9.97 Å². The number of ketones is 1. The number of aromatic nitrogens is 2. The first kappa shape index (κ1) is 26.9. The monoisotopic (exact) mass is 558 g/mol. The fraction of sp³-hybridized carbons (Fsp3) is 0.378. The summed E-state index contributed by atoms with van der Waals surface area (Å²) in [6.07, 6.45) is 4.55. The highest BCUT2D eigenvalue weighted by Gasteiger charge is 2.47. The van der Waals surface area contributed by atoms with E-state index >= 15 is 0 Å². The van der Waals surface area contributed by atoms with Crippen molar-refractivity contribution in [3.05, 3.63) is 82.9 Å². The number of rotatable bonds is 5. The van der Waals surface area contributed by atoms with E-state index in [1.807, 2.05) is 37.3 Å². The third kappa shape index (κ3) is 4.41. The van der Waals surface area contributed by atoms with Crippen LogP contribution in [0.3, 0.4) is 0 Å². The average Bonchev–Trinajstić information content (AvgIpc) is 2.98. The van der Waals surface area contributed by atoms with E-state index in [1.165, 1.54) is 12.0 Å². The lowest BCUT2D eigenvalue weighted by molar-refractivity contribution is -0.0115. The molecule has 1 aromatic heterocycles. The number of methoxy groups -OCH3 is 1. The number of fused-ring (bicyclic) bond motifs is 9. The van der Waals surface area contributed by atoms with Gasteiger partial charge in [-0.25, -0.2) is 9.97 Å². The first-order valence-electron chi connectivity index (χ1n) is 15.3. The topological polar surface area (TPSA) is 61.3 Å². The van der Waals surface area contributed by atoms with E-state index in [4.69, 9.17) is 19.4 Å². The summed E-state index contributed by atoms with van der Waals surface area (Å²) in [5.41, 5.74) is 7.22. The number of hydrogen-bond acceptors (Lipinski definition) is 5. The van der Waals surface area contributed by atoms with E-state index in [0.29, 0.717) is 36.2 Å². The van der Waals surface area contributed by atoms with E-state index in [2.05, 4.69) is 51.1 Å². The first-order valence-corrected chi connectivity index (χ1v) is 15.3. The van der Waals surface area contributed by atoms with Gasteiger partial charge in [0.15, 0.2) is 5.78 Å². The summed E-state index contributed by atoms with van der Waals surface area (Å²) in [6, 6.07) is 20.3. The molecule has 214 valence electrons. The summed E-state index contributed by atoms with van der Waals surface area (Å²) < 4.78 is 12.4. The van der Waals surface area contributed by atoms with Gasteiger partial charge in [0.25, 0.3) is 0 Å². The lowest BCUT2D eigenvalue weighted by Crippen LogP contribution is -2.46. The summed E-state index contributed by atoms with van der Waals surface area (Å²) in [4.78, 5) is 23.8. The minimum atomic E-state index is -0.240. The number of nitrogens with zero attached hydrogens (tertiary/aromatic N) is 2. The fourth-order valence-corrected chi connectivity index (χ4v) is 7.52. The van der Waals surface area contributed by atoms with Crippen LogP contribution in [0.5, 0.6) is 11.5 Å². The molecule has 0 amide bonds. The summed E-state index contributed by atoms with van der Waals surface area (Å²) >= 11 is 0. The van der Waals surface area contributed by atoms with Crippen molar-refractivity contribution in [2.45, 2.75) is 71.3 Å². The van der Waals surface area contributed by atoms with Gasteiger partial charge in [-0.1, -0.05) is 49.7 Å². The lowest BCUT2D eigenvalue weighted by atomic mass is 9.64. The molecule has 0 N–H and O–H groups in total. The van der Waals surface area contributed by atoms with Crippen LogP contribution in [0.25, 0.3) is 32.8 Å². The van der Waals surface area contributed by atoms with Gasteiger partial charge in [0.2, 0.25) is 0 Å². The molecule has 4 aromatic carbocycles. The molecule has 42 heavy (non-hydrogen) atoms. The second-order valence-electron chi connectivity index (χ2n) is 13.0. The highest BCUT2D eigenvalue weighted by atomic mass is 16.5. The number of carbonyl (C=O) groups excluding carboxylic acids is 1. The van der Waals surface area contributed by atoms with Crippen molar-refractivity contribution in [3.63, 3.8) is 0 Å². The van der Waals surface area contributed by atoms with Crippen LogP contribution >= 0.6 is 0 Å². The van der Waals surface area contributed by atoms with E-state index in [9.17, 15) is 4.79 Å². The largest absolute Gasteiger partial charge is 0.496 e. The van der Waals surface area contributed by atoms with Crippen molar-refractivity contribution < 1.29 is 14.3 Å². The Morgan fingerprint density at radius 2 is 1.76 bits per heavy atom. The maximum Gasteiger partial charge on any atom is 0.163 e. The highest BCUT2D eigenvalue weighted by Crippen LogP contribution is 2.56. The standard InChI is InChI=1S/C37H38N2O3/c1-21-11-15-28-27(18-21)33-35-34(25-8-6-7-9-26(25)36(33)42-37(28,3)4)39-30-20-24(13-16-29(30)38-35)31(40)17-14-23-12-10-22(2)19-32(23)41-5/h6-10,12-13,16,19-21,27-28H,11,14-15,17-18H2,1-5H3/t21-,27-,28-/m0/s1. The van der Waals surface area contributed by atoms with Crippen molar-refractivity contribution in [2.75, 3.05) is 7.11 Å². The third-order valence-electron chi connectivity index (χ3n) is 9.72. The second kappa shape index (κ2) is 10.1. The zero-order valence-electron chi connectivity index (χ0n) is 25.2. The predicted molar refractivity (Wildman–Crippen MR) is 169 cm³/mol. The van der Waals surface area contributed by atoms with Crippen molar-refractivity contribution in [1.29, 1.82) is 0 Å². The fourth-order valence-electron chi connectivity index (χ4n) is 7.52. The molecule has 1 saturated carbocycles. The summed E-state index contributed by atoms with van der Waals surface area (Å²) in [7, 11) is 1.68. The Labute approximate surface area is 247 Å². The van der Waals surface area contributed by atoms with Crippen LogP contribution in [0.15, 0.2) is 60.7 Å². The molecule has 0 spiro atoms. The molecule has 5 nitrogen and oxygen atoms in total. The summed E-state index contributed by atoms with van der Waals surface area (Å²) in [6.45, 7) is 8.92. The van der Waals surface area contributed by atoms with Gasteiger partial charge in [-0.05, 0) is 87.3 Å². The van der Waals surface area contributed by atoms with Crippen molar-refractivity contribution >= 4 is 38.6 Å². The van der Waals surface area contributed by atoms with Crippen LogP contribution in [-0.2, 0) is 6.42 Å². The Kier molecular flexibility index (Phi) is 6.45. The van der Waals surface area contributed by atoms with Gasteiger partial charge >= 0.3 is 0 Å². The summed E-state index contributed by atoms with van der Waals surface area (Å²) in [5, 5.41) is 2.14. The zero-order valence-corrected chi connectivity index (χ0v) is 25.2. The molecule has 3 atom stereocenters. The Bertz CT molecular complexity index is 1880. The van der Waals surface area contributed by atoms with Crippen LogP contribution in [0, 0.1) is 18.8 Å². The average molecular weight is 559 g/mol. The van der Waals surface area contributed by atoms with Gasteiger partial charge in [-0.15, -0.1) is 0 Å². The second-order valence-corrected chi connectivity index (χ2v) is 13.0. The number of Topliss-reactive ketones (excluding diaryl/α,β-unsaturated/α-hetero) is 1. The van der Waals surface area contributed by atoms with Crippen LogP contribution in [0.2, 0.25) is 0 Å². The van der Waals surface area contributed by atoms with Crippen LogP contribution < -0.4 is 9.47 Å². The van der Waals surface area contributed by atoms with Crippen LogP contribution in [0.1, 0.15) is 79.4 Å². The molecule has 1 aliphatic carbocycles. The van der Waals surface area contributed by atoms with Crippen molar-refractivity contribution in [2.24, 2.45) is 11.8 Å². The number of ether oxygens (including phenoxy) is 2. The third-order valence-corrected chi connectivity index (χ3v) is 9.72. The van der Waals surface area contributed by atoms with Gasteiger partial charge < -0.3 is 9.47 Å². The number of benzene rings is 4. The van der Waals surface area contributed by atoms with Gasteiger partial charge in [-0.3, -0.25) is 4.79 Å². The van der Waals surface area contributed by atoms with E-state index in [0.717, 1.165) is 68.3 Å². The van der Waals surface area contributed by atoms with E-state index in [-0.39, 0.29) is 11.4 Å². The van der Waals surface area contributed by atoms with Crippen LogP contribution in [-0.4, -0.2) is 28.5 Å². The Hall–Kier alpha value is -3.99. The highest BCUT2D eigenvalue weighted by molar-refractivity contribution is 6.11. The maximum absolute atomic E-state index is 13.3. The molecule has 7 rings (SSSR count). The molecule has 1 aliphatic heterocycles. The smallest absolute Gasteiger partial charge is 0.163 e. The minimum Gasteiger partial charge on any atom is -0.496 e. The molecule has 0 bridgehead atoms. The predicted octanol–water partition coefficient (Wildman–Crippen LogP) is 8.76. The van der Waals surface area contributed by atoms with Gasteiger partial charge in [-0.2, -0.15) is 0 Å². The molecule has 0 saturated heterocycles. The normalized spacial score (nSPS) is 21.1. The number of carbonyl (C=O) groups is 1. The van der Waals surface area contributed by atoms with Crippen molar-refractivity contribution in [3.8, 4) is 11.5 Å². The molecule has 2 aliphatic rings. The molecule has 2 heterocycles. The SMILES string of the molecule is COc1cc(C)ccc1CCC(=O)c1ccc2nc3c4c(c5ccccc5c3nc2c1)OC(C)(C)[C@H]1CC[C@H](C)C[C@H]41. The van der Waals surface area contributed by atoms with E-state index < -0.39 is 0 Å². The van der Waals surface area contributed by atoms with E-state index in [1.54, 1.807) is 7.11 Å². The Balaban J connectivity index is 1.33. The first-order chi connectivity index (χ1) is 20.2. The molecular formula is C37H38N2O3. The molecular weight excluding hydrogens is 520 g/mol. The minimum absolute atomic E-state index is 0.0893. The maximum atomic E-state index is 13.3. The van der Waals surface area contributed by atoms with Gasteiger partial charge in [0.1, 0.15) is 17.1 Å². The van der Waals surface area contributed by atoms with Gasteiger partial charge in [0.05, 0.1) is 29.2 Å². The molecule has 0 radical (unpaired) electrons. The van der Waals surface area contributed by atoms with Crippen LogP contribution in [0.4, 0.5) is 0 Å². The number of aryl methyl sites for hydroxylation is 2. The zero-order chi connectivity index (χ0) is 29.2. The summed E-state index contributed by atoms with van der Waals surface area (Å²) in [5.74, 6) is 3.38. The quantitative estimate of drug-likeness (QED) is 0.123. The van der Waals surface area contributed by atoms with Gasteiger partial charge in [0, 0.05) is 34.2 Å². The number of hydrogen-bond donors (Lipinski definition) is 0. The Morgan fingerprint density at radius 3 is 2.57 bits per heavy atom. The lowest BCUT2D eigenvalue weighted by Gasteiger charge is -2.49. The Morgan fingerprint density at radius 1 is 0.976 bits per heavy atom. The molecule has 1 fully saturated rings. The molecule has 5 heteroatoms. The molecule has 0 unspecified atom stereocenters. The molecule has 5 aromatic rings.